The molecule has 2 heterocycles. The van der Waals surface area contributed by atoms with E-state index in [1.807, 2.05) is 37.3 Å². The van der Waals surface area contributed by atoms with Crippen molar-refractivity contribution >= 4 is 27.5 Å². The molecule has 1 aliphatic rings. The van der Waals surface area contributed by atoms with E-state index >= 15 is 0 Å². The monoisotopic (exact) mass is 510 g/mol. The number of nitrogens with one attached hydrogen (secondary N) is 1. The highest BCUT2D eigenvalue weighted by Crippen LogP contribution is 2.26. The normalized spacial score (nSPS) is 17.2. The molecule has 174 valence electrons. The molecule has 0 spiro atoms. The highest BCUT2D eigenvalue weighted by molar-refractivity contribution is 9.10. The van der Waals surface area contributed by atoms with E-state index in [0.717, 1.165) is 40.7 Å². The predicted molar refractivity (Wildman–Crippen MR) is 134 cm³/mol. The average Bonchev–Trinajstić information content (AvgIpc) is 3.24. The fourth-order valence-electron chi connectivity index (χ4n) is 4.13. The summed E-state index contributed by atoms with van der Waals surface area (Å²) in [6.07, 6.45) is 1.85. The highest BCUT2D eigenvalue weighted by Gasteiger charge is 2.27. The van der Waals surface area contributed by atoms with Crippen molar-refractivity contribution < 1.29 is 9.32 Å². The number of carbonyl (C=O) groups is 1. The molecule has 3 aromatic rings. The van der Waals surface area contributed by atoms with Gasteiger partial charge in [0.25, 0.3) is 0 Å². The molecule has 33 heavy (non-hydrogen) atoms. The van der Waals surface area contributed by atoms with Crippen molar-refractivity contribution in [3.05, 3.63) is 64.0 Å². The van der Waals surface area contributed by atoms with Gasteiger partial charge >= 0.3 is 0 Å². The number of hydrogen-bond donors (Lipinski definition) is 1. The molecule has 1 amide bonds. The Morgan fingerprint density at radius 1 is 1.21 bits per heavy atom. The number of amides is 1. The number of aryl methyl sites for hydroxylation is 1. The van der Waals surface area contributed by atoms with Gasteiger partial charge in [0, 0.05) is 22.3 Å². The van der Waals surface area contributed by atoms with Crippen molar-refractivity contribution in [3.63, 3.8) is 0 Å². The predicted octanol–water partition coefficient (Wildman–Crippen LogP) is 5.96. The zero-order chi connectivity index (χ0) is 23.6. The third kappa shape index (κ3) is 5.89. The Bertz CT molecular complexity index is 1120. The van der Waals surface area contributed by atoms with Crippen LogP contribution in [0.15, 0.2) is 51.5 Å². The smallest absolute Gasteiger partial charge is 0.241 e. The molecule has 1 fully saturated rings. The van der Waals surface area contributed by atoms with Gasteiger partial charge in [0.2, 0.25) is 17.6 Å². The highest BCUT2D eigenvalue weighted by atomic mass is 79.9. The Morgan fingerprint density at radius 3 is 2.67 bits per heavy atom. The molecule has 4 rings (SSSR count). The van der Waals surface area contributed by atoms with Crippen LogP contribution < -0.4 is 5.32 Å². The van der Waals surface area contributed by atoms with Gasteiger partial charge in [0.15, 0.2) is 0 Å². The van der Waals surface area contributed by atoms with Crippen molar-refractivity contribution in [2.24, 2.45) is 5.92 Å². The first kappa shape index (κ1) is 23.6. The van der Waals surface area contributed by atoms with Gasteiger partial charge in [0.1, 0.15) is 0 Å². The number of aromatic nitrogens is 2. The minimum atomic E-state index is -0.0602. The number of likely N-dealkylation sites (tertiary alicyclic amines) is 1. The Hall–Kier alpha value is -2.51. The molecular formula is C26H31BrN4O2. The van der Waals surface area contributed by atoms with Crippen LogP contribution in [0.25, 0.3) is 11.4 Å². The zero-order valence-electron chi connectivity index (χ0n) is 19.7. The summed E-state index contributed by atoms with van der Waals surface area (Å²) in [4.78, 5) is 19.7. The van der Waals surface area contributed by atoms with E-state index in [4.69, 9.17) is 4.52 Å². The Balaban J connectivity index is 1.36. The summed E-state index contributed by atoms with van der Waals surface area (Å²) in [5.41, 5.74) is 4.24. The standard InChI is InChI=1S/C26H31BrN4O2/c1-17-14-21(11-12-22(17)27)28-25(32)19-6-5-13-31(15-19)16-23-29-24(30-33-23)18-7-9-20(10-8-18)26(2,3)4/h7-12,14,19H,5-6,13,15-16H2,1-4H3,(H,28,32). The third-order valence-electron chi connectivity index (χ3n) is 6.14. The molecule has 6 nitrogen and oxygen atoms in total. The Kier molecular flexibility index (Phi) is 7.00. The van der Waals surface area contributed by atoms with E-state index < -0.39 is 0 Å². The zero-order valence-corrected chi connectivity index (χ0v) is 21.3. The number of hydrogen-bond acceptors (Lipinski definition) is 5. The maximum atomic E-state index is 12.8. The van der Waals surface area contributed by atoms with Gasteiger partial charge in [-0.15, -0.1) is 0 Å². The van der Waals surface area contributed by atoms with Gasteiger partial charge in [-0.1, -0.05) is 66.1 Å². The van der Waals surface area contributed by atoms with Gasteiger partial charge in [-0.3, -0.25) is 9.69 Å². The number of anilines is 1. The quantitative estimate of drug-likeness (QED) is 0.458. The maximum absolute atomic E-state index is 12.8. The summed E-state index contributed by atoms with van der Waals surface area (Å²) in [5, 5.41) is 7.24. The van der Waals surface area contributed by atoms with Crippen LogP contribution in [0.1, 0.15) is 50.6 Å². The summed E-state index contributed by atoms with van der Waals surface area (Å²) < 4.78 is 6.56. The molecule has 2 aromatic carbocycles. The van der Waals surface area contributed by atoms with Crippen LogP contribution in [-0.4, -0.2) is 34.0 Å². The number of nitrogens with zero attached hydrogens (tertiary/aromatic N) is 3. The number of carbonyl (C=O) groups excluding carboxylic acids is 1. The molecule has 1 aliphatic heterocycles. The molecule has 1 saturated heterocycles. The van der Waals surface area contributed by atoms with Gasteiger partial charge in [-0.25, -0.2) is 0 Å². The molecule has 1 N–H and O–H groups in total. The van der Waals surface area contributed by atoms with Gasteiger partial charge in [-0.05, 0) is 61.1 Å². The second-order valence-electron chi connectivity index (χ2n) is 9.87. The largest absolute Gasteiger partial charge is 0.338 e. The molecule has 0 aliphatic carbocycles. The van der Waals surface area contributed by atoms with E-state index in [2.05, 4.69) is 69.2 Å². The fourth-order valence-corrected chi connectivity index (χ4v) is 4.37. The minimum Gasteiger partial charge on any atom is -0.338 e. The molecule has 0 radical (unpaired) electrons. The fraction of sp³-hybridized carbons (Fsp3) is 0.423. The van der Waals surface area contributed by atoms with E-state index in [0.29, 0.717) is 24.8 Å². The lowest BCUT2D eigenvalue weighted by Crippen LogP contribution is -2.40. The molecule has 1 unspecified atom stereocenters. The minimum absolute atomic E-state index is 0.0602. The lowest BCUT2D eigenvalue weighted by Gasteiger charge is -2.30. The summed E-state index contributed by atoms with van der Waals surface area (Å²) in [6.45, 7) is 10.7. The van der Waals surface area contributed by atoms with Crippen molar-refractivity contribution in [2.75, 3.05) is 18.4 Å². The van der Waals surface area contributed by atoms with Crippen LogP contribution in [0.4, 0.5) is 5.69 Å². The lowest BCUT2D eigenvalue weighted by molar-refractivity contribution is -0.121. The Morgan fingerprint density at radius 2 is 1.97 bits per heavy atom. The SMILES string of the molecule is Cc1cc(NC(=O)C2CCCN(Cc3nc(-c4ccc(C(C)(C)C)cc4)no3)C2)ccc1Br. The lowest BCUT2D eigenvalue weighted by atomic mass is 9.87. The number of halogens is 1. The summed E-state index contributed by atoms with van der Waals surface area (Å²) in [5.74, 6) is 1.18. The van der Waals surface area contributed by atoms with Crippen LogP contribution in [0.2, 0.25) is 0 Å². The van der Waals surface area contributed by atoms with Crippen LogP contribution in [0.3, 0.4) is 0 Å². The van der Waals surface area contributed by atoms with Gasteiger partial charge in [0.05, 0.1) is 12.5 Å². The molecule has 0 saturated carbocycles. The van der Waals surface area contributed by atoms with Crippen molar-refractivity contribution in [1.82, 2.24) is 15.0 Å². The summed E-state index contributed by atoms with van der Waals surface area (Å²) in [6, 6.07) is 14.2. The molecule has 0 bridgehead atoms. The van der Waals surface area contributed by atoms with Crippen LogP contribution in [0.5, 0.6) is 0 Å². The van der Waals surface area contributed by atoms with E-state index in [1.54, 1.807) is 0 Å². The van der Waals surface area contributed by atoms with Gasteiger partial charge in [-0.2, -0.15) is 4.98 Å². The van der Waals surface area contributed by atoms with Crippen molar-refractivity contribution in [2.45, 2.75) is 52.5 Å². The average molecular weight is 511 g/mol. The first-order valence-electron chi connectivity index (χ1n) is 11.4. The van der Waals surface area contributed by atoms with Crippen molar-refractivity contribution in [3.8, 4) is 11.4 Å². The maximum Gasteiger partial charge on any atom is 0.241 e. The molecule has 7 heteroatoms. The van der Waals surface area contributed by atoms with Crippen LogP contribution in [-0.2, 0) is 16.8 Å². The molecular weight excluding hydrogens is 480 g/mol. The first-order valence-corrected chi connectivity index (χ1v) is 12.2. The number of benzene rings is 2. The molecule has 1 aromatic heterocycles. The van der Waals surface area contributed by atoms with Crippen molar-refractivity contribution in [1.29, 1.82) is 0 Å². The Labute approximate surface area is 203 Å². The third-order valence-corrected chi connectivity index (χ3v) is 7.03. The topological polar surface area (TPSA) is 71.3 Å². The van der Waals surface area contributed by atoms with E-state index in [1.165, 1.54) is 5.56 Å². The second kappa shape index (κ2) is 9.77. The summed E-state index contributed by atoms with van der Waals surface area (Å²) in [7, 11) is 0. The number of rotatable bonds is 5. The second-order valence-corrected chi connectivity index (χ2v) is 10.7. The van der Waals surface area contributed by atoms with Crippen LogP contribution in [0, 0.1) is 12.8 Å². The van der Waals surface area contributed by atoms with Gasteiger partial charge < -0.3 is 9.84 Å². The van der Waals surface area contributed by atoms with E-state index in [9.17, 15) is 4.79 Å². The number of piperidine rings is 1. The van der Waals surface area contributed by atoms with E-state index in [-0.39, 0.29) is 17.2 Å². The van der Waals surface area contributed by atoms with Crippen LogP contribution >= 0.6 is 15.9 Å². The molecule has 1 atom stereocenters. The first-order chi connectivity index (χ1) is 15.7. The summed E-state index contributed by atoms with van der Waals surface area (Å²) >= 11 is 3.50.